The van der Waals surface area contributed by atoms with Crippen LogP contribution in [0.5, 0.6) is 0 Å². The van der Waals surface area contributed by atoms with Gasteiger partial charge in [-0.25, -0.2) is 4.98 Å². The van der Waals surface area contributed by atoms with Crippen LogP contribution in [0.2, 0.25) is 0 Å². The Hall–Kier alpha value is -11.0. The summed E-state index contributed by atoms with van der Waals surface area (Å²) >= 11 is 0. The number of hydrogen-bond acceptors (Lipinski definition) is 17. The van der Waals surface area contributed by atoms with Crippen molar-refractivity contribution >= 4 is 117 Å². The second-order valence-corrected chi connectivity index (χ2v) is 34.5. The summed E-state index contributed by atoms with van der Waals surface area (Å²) in [7, 11) is -6.86. The Morgan fingerprint density at radius 2 is 1.21 bits per heavy atom. The lowest BCUT2D eigenvalue weighted by molar-refractivity contribution is -0.538. The summed E-state index contributed by atoms with van der Waals surface area (Å²) in [5.41, 5.74) is 12.3. The zero-order chi connectivity index (χ0) is 83.9. The number of para-hydroxylation sites is 1. The number of fused-ring (bicyclic) bond motifs is 4. The van der Waals surface area contributed by atoms with Crippen LogP contribution >= 0.6 is 0 Å². The first-order valence-electron chi connectivity index (χ1n) is 41.1. The van der Waals surface area contributed by atoms with Gasteiger partial charge in [0.05, 0.1) is 33.1 Å². The van der Waals surface area contributed by atoms with E-state index in [2.05, 4.69) is 115 Å². The Morgan fingerprint density at radius 3 is 1.89 bits per heavy atom. The fraction of sp³-hybridized carbons (Fsp3) is 0.400. The number of nitrogens with zero attached hydrogens (tertiary/aromatic N) is 10. The van der Waals surface area contributed by atoms with Crippen LogP contribution in [0.25, 0.3) is 27.8 Å². The molecule has 7 N–H and O–H groups in total. The molecule has 1 aromatic heterocycles. The molecule has 7 aromatic carbocycles. The van der Waals surface area contributed by atoms with Gasteiger partial charge in [-0.2, -0.15) is 31.6 Å². The number of anilines is 4. The summed E-state index contributed by atoms with van der Waals surface area (Å²) < 4.78 is 72.8. The predicted molar refractivity (Wildman–Crippen MR) is 464 cm³/mol. The minimum Gasteiger partial charge on any atom is -0.375 e. The van der Waals surface area contributed by atoms with E-state index in [1.807, 2.05) is 145 Å². The molecular formula is C90H111N15O11S2+2. The SMILES string of the molecule is CCN(CC)c1ccc2nc3ccc(N=Nc4ccc(N(C)CCCC(=O)NCCN5CCN(c6ccc(C(=O)NC7(C(=O)NCC(=O)NCCNC(=O)CCCCCN8\C(=C/C=C/C=C/C9=[N+](CC)c%10ccc(S(=O)(=O)O)cc%10C9(C)C)C(C)(C)c9cc(S(=O)(=O)O)ccc98)CCCCC7)cc6)CC5)cc4)cc3[n+](-c3ccccc3)c2c1. The lowest BCUT2D eigenvalue weighted by Crippen LogP contribution is -2.60. The highest BCUT2D eigenvalue weighted by Crippen LogP contribution is 2.49. The van der Waals surface area contributed by atoms with Gasteiger partial charge in [0.1, 0.15) is 23.1 Å². The molecule has 4 aliphatic rings. The Labute approximate surface area is 692 Å². The largest absolute Gasteiger partial charge is 0.375 e. The molecule has 4 heterocycles. The average molecular weight is 1640 g/mol. The number of rotatable bonds is 35. The first kappa shape index (κ1) is 86.3. The third kappa shape index (κ3) is 20.5. The molecule has 1 saturated carbocycles. The molecule has 0 bridgehead atoms. The number of benzene rings is 7. The molecule has 5 amide bonds. The molecule has 0 unspecified atom stereocenters. The van der Waals surface area contributed by atoms with Gasteiger partial charge in [0.2, 0.25) is 46.0 Å². The van der Waals surface area contributed by atoms with Gasteiger partial charge < -0.3 is 46.2 Å². The average Bonchev–Trinajstić information content (AvgIpc) is 1.59. The lowest BCUT2D eigenvalue weighted by atomic mass is 9.80. The summed E-state index contributed by atoms with van der Waals surface area (Å²) in [6.45, 7) is 22.5. The smallest absolute Gasteiger partial charge is 0.294 e. The van der Waals surface area contributed by atoms with E-state index < -0.39 is 48.4 Å². The van der Waals surface area contributed by atoms with E-state index in [1.165, 1.54) is 24.3 Å². The second kappa shape index (κ2) is 38.1. The number of carbonyl (C=O) groups excluding carboxylic acids is 5. The molecular weight excluding hydrogens is 1530 g/mol. The first-order chi connectivity index (χ1) is 56.6. The maximum absolute atomic E-state index is 13.9. The number of amides is 5. The number of aromatic nitrogens is 2. The molecule has 622 valence electrons. The normalized spacial score (nSPS) is 16.3. The Balaban J connectivity index is 0.527. The van der Waals surface area contributed by atoms with Gasteiger partial charge in [-0.05, 0) is 181 Å². The Kier molecular flexibility index (Phi) is 27.9. The van der Waals surface area contributed by atoms with Crippen LogP contribution in [0.3, 0.4) is 0 Å². The molecule has 0 spiro atoms. The van der Waals surface area contributed by atoms with Crippen molar-refractivity contribution in [2.24, 2.45) is 10.2 Å². The standard InChI is InChI=1S/C90H109N15O11S2/c1-9-101(10-2)70-40-44-76-80(60-70)105(69-25-16-12-17-26-69)79-59-66(35-43-75(79)95-76)98-97-65-33-38-67(39-34-65)99(8)52-24-30-84(107)93-51-54-100-55-57-102(58-56-100)68-36-31-64(32-37-68)86(109)96-90(47-21-15-22-48-90)87(110)94-63-85(108)92-50-49-91-83(106)29-20-14-23-53-104-78-46-42-72(118(114,115)116)62-74(78)89(6,7)82(104)28-19-13-18-27-81-88(4,5)73-61-71(117(111,112)113)41-45-77(73)103(81)11-3/h12-13,16-19,25-28,31-46,59-62H,9-11,14-15,20-24,29-30,47-58,63H2,1-8H3,(H5-2,91,92,93,94,96,106,107,108,109,110,111,112,113,114,115,116)/p+2. The van der Waals surface area contributed by atoms with E-state index >= 15 is 0 Å². The highest BCUT2D eigenvalue weighted by atomic mass is 32.2. The number of nitrogens with one attached hydrogen (secondary N) is 5. The molecule has 26 nitrogen and oxygen atoms in total. The first-order valence-corrected chi connectivity index (χ1v) is 44.0. The van der Waals surface area contributed by atoms with Crippen molar-refractivity contribution in [3.63, 3.8) is 0 Å². The Bertz CT molecular complexity index is 5400. The predicted octanol–water partition coefficient (Wildman–Crippen LogP) is 12.8. The van der Waals surface area contributed by atoms with Gasteiger partial charge in [-0.3, -0.25) is 38.0 Å². The monoisotopic (exact) mass is 1640 g/mol. The van der Waals surface area contributed by atoms with E-state index in [9.17, 15) is 49.9 Å². The highest BCUT2D eigenvalue weighted by Gasteiger charge is 2.46. The molecule has 1 aliphatic carbocycles. The number of azo groups is 1. The van der Waals surface area contributed by atoms with Crippen molar-refractivity contribution in [3.05, 3.63) is 204 Å². The van der Waals surface area contributed by atoms with Crippen molar-refractivity contribution in [2.45, 2.75) is 145 Å². The van der Waals surface area contributed by atoms with Crippen molar-refractivity contribution in [2.75, 3.05) is 118 Å². The molecule has 2 fully saturated rings. The lowest BCUT2D eigenvalue weighted by Gasteiger charge is -2.37. The van der Waals surface area contributed by atoms with Gasteiger partial charge in [-0.15, -0.1) is 4.57 Å². The summed E-state index contributed by atoms with van der Waals surface area (Å²) in [4.78, 5) is 82.8. The number of unbranched alkanes of at least 4 members (excludes halogenated alkanes) is 2. The molecule has 1 saturated heterocycles. The fourth-order valence-corrected chi connectivity index (χ4v) is 17.6. The van der Waals surface area contributed by atoms with E-state index in [4.69, 9.17) is 4.98 Å². The van der Waals surface area contributed by atoms with Gasteiger partial charge in [0, 0.05) is 180 Å². The third-order valence-corrected chi connectivity index (χ3v) is 24.9. The molecule has 0 radical (unpaired) electrons. The molecule has 28 heteroatoms. The van der Waals surface area contributed by atoms with E-state index in [0.717, 1.165) is 149 Å². The molecule has 0 atom stereocenters. The summed E-state index contributed by atoms with van der Waals surface area (Å²) in [6, 6.07) is 47.4. The fourth-order valence-electron chi connectivity index (χ4n) is 16.6. The molecule has 3 aliphatic heterocycles. The zero-order valence-corrected chi connectivity index (χ0v) is 70.5. The van der Waals surface area contributed by atoms with E-state index in [1.54, 1.807) is 24.3 Å². The minimum atomic E-state index is -4.48. The van der Waals surface area contributed by atoms with Crippen molar-refractivity contribution in [1.29, 1.82) is 0 Å². The van der Waals surface area contributed by atoms with Crippen LogP contribution in [0.15, 0.2) is 208 Å². The number of allylic oxidation sites excluding steroid dienone is 6. The minimum absolute atomic E-state index is 0.0228. The summed E-state index contributed by atoms with van der Waals surface area (Å²) in [5.74, 6) is -1.39. The quantitative estimate of drug-likeness (QED) is 0.00485. The van der Waals surface area contributed by atoms with Crippen molar-refractivity contribution in [3.8, 4) is 5.69 Å². The third-order valence-electron chi connectivity index (χ3n) is 23.2. The maximum Gasteiger partial charge on any atom is 0.294 e. The highest BCUT2D eigenvalue weighted by molar-refractivity contribution is 7.86. The van der Waals surface area contributed by atoms with Crippen molar-refractivity contribution in [1.82, 2.24) is 36.5 Å². The maximum atomic E-state index is 13.9. The van der Waals surface area contributed by atoms with E-state index in [0.29, 0.717) is 82.4 Å². The number of piperazine rings is 1. The van der Waals surface area contributed by atoms with Gasteiger partial charge in [0.25, 0.3) is 26.1 Å². The van der Waals surface area contributed by atoms with Gasteiger partial charge in [0.15, 0.2) is 5.71 Å². The molecule has 12 rings (SSSR count). The van der Waals surface area contributed by atoms with Crippen LogP contribution in [0.1, 0.15) is 141 Å². The van der Waals surface area contributed by atoms with Crippen LogP contribution in [-0.4, -0.2) is 180 Å². The van der Waals surface area contributed by atoms with Crippen LogP contribution < -0.4 is 50.8 Å². The van der Waals surface area contributed by atoms with Crippen LogP contribution in [0.4, 0.5) is 39.8 Å². The van der Waals surface area contributed by atoms with Gasteiger partial charge >= 0.3 is 0 Å². The van der Waals surface area contributed by atoms with Crippen LogP contribution in [-0.2, 0) is 50.2 Å². The number of hydrogen-bond donors (Lipinski definition) is 7. The molecule has 8 aromatic rings. The second-order valence-electron chi connectivity index (χ2n) is 31.7. The van der Waals surface area contributed by atoms with Crippen molar-refractivity contribution < 1.29 is 59.1 Å². The zero-order valence-electron chi connectivity index (χ0n) is 68.9. The van der Waals surface area contributed by atoms with Gasteiger partial charge in [-0.1, -0.05) is 76.0 Å². The topological polar surface area (TPSA) is 315 Å². The van der Waals surface area contributed by atoms with E-state index in [-0.39, 0.29) is 53.6 Å². The summed E-state index contributed by atoms with van der Waals surface area (Å²) in [5, 5.41) is 23.8. The number of carbonyl (C=O) groups is 5. The molecule has 118 heavy (non-hydrogen) atoms. The Morgan fingerprint density at radius 1 is 0.593 bits per heavy atom. The summed E-state index contributed by atoms with van der Waals surface area (Å²) in [6.07, 6.45) is 16.2. The van der Waals surface area contributed by atoms with Crippen LogP contribution in [0, 0.1) is 0 Å².